The molecule has 0 aliphatic carbocycles. The van der Waals surface area contributed by atoms with Gasteiger partial charge in [0.15, 0.2) is 12.4 Å². The molecule has 11 nitrogen and oxygen atoms in total. The van der Waals surface area contributed by atoms with Crippen LogP contribution in [0.5, 0.6) is 0 Å². The number of unbranched alkanes of at least 4 members (excludes halogenated alkanes) is 27. The molecular formula is C64H113NO10. The lowest BCUT2D eigenvalue weighted by atomic mass is 9.99. The molecule has 1 aliphatic rings. The molecule has 1 rings (SSSR count). The Hall–Kier alpha value is -2.90. The van der Waals surface area contributed by atoms with E-state index in [9.17, 15) is 35.1 Å². The number of hydrogen-bond donors (Lipinski definition) is 6. The number of esters is 1. The van der Waals surface area contributed by atoms with Gasteiger partial charge in [0.25, 0.3) is 0 Å². The van der Waals surface area contributed by atoms with Crippen molar-refractivity contribution in [2.75, 3.05) is 13.2 Å². The van der Waals surface area contributed by atoms with Gasteiger partial charge in [0.1, 0.15) is 24.4 Å². The number of ether oxygens (including phenoxy) is 3. The molecule has 1 heterocycles. The van der Waals surface area contributed by atoms with Gasteiger partial charge in [-0.25, -0.2) is 0 Å². The number of hydrogen-bond acceptors (Lipinski definition) is 10. The summed E-state index contributed by atoms with van der Waals surface area (Å²) in [5.41, 5.74) is 0. The number of allylic oxidation sites excluding steroid dienone is 11. The van der Waals surface area contributed by atoms with Gasteiger partial charge in [-0.2, -0.15) is 0 Å². The summed E-state index contributed by atoms with van der Waals surface area (Å²) in [6, 6.07) is -1.04. The van der Waals surface area contributed by atoms with Crippen LogP contribution < -0.4 is 5.32 Å². The smallest absolute Gasteiger partial charge is 0.306 e. The monoisotopic (exact) mass is 1060 g/mol. The summed E-state index contributed by atoms with van der Waals surface area (Å²) in [5, 5.41) is 56.9. The van der Waals surface area contributed by atoms with Crippen LogP contribution in [0.2, 0.25) is 0 Å². The Balaban J connectivity index is 2.71. The minimum atomic E-state index is -1.62. The van der Waals surface area contributed by atoms with E-state index in [1.807, 2.05) is 6.08 Å². The molecule has 1 aliphatic heterocycles. The zero-order valence-corrected chi connectivity index (χ0v) is 47.9. The summed E-state index contributed by atoms with van der Waals surface area (Å²) >= 11 is 0. The molecule has 0 spiro atoms. The molecule has 0 radical (unpaired) electrons. The standard InChI is InChI=1S/C64H113NO10/c1-4-7-10-13-16-19-22-25-27-28-29-30-31-32-33-36-39-42-45-48-51-57(68)63(72)65-55(56(67)50-47-44-41-38-35-24-21-18-15-12-9-6-3)54-73-64-62(61(71)60(70)58(53-66)74-64)75-59(69)52-49-46-43-40-37-34-26-23-20-17-14-11-8-5-2/h7,10,16,19,25,27,29-30,32-33,47,50,55-58,60-62,64,66-68,70-71H,4-6,8-9,11-15,17-18,20-24,26,28,31,34-46,48-49,51-54H2,1-3H3,(H,65,72)/b10-7-,19-16-,27-25-,30-29-,33-32-,50-47+. The van der Waals surface area contributed by atoms with Crippen LogP contribution in [0.15, 0.2) is 72.9 Å². The van der Waals surface area contributed by atoms with Crippen LogP contribution in [0.4, 0.5) is 0 Å². The number of rotatable bonds is 51. The lowest BCUT2D eigenvalue weighted by Gasteiger charge is -2.41. The number of aliphatic hydroxyl groups is 5. The van der Waals surface area contributed by atoms with E-state index in [1.165, 1.54) is 116 Å². The summed E-state index contributed by atoms with van der Waals surface area (Å²) in [7, 11) is 0. The first-order valence-electron chi connectivity index (χ1n) is 30.7. The average molecular weight is 1060 g/mol. The summed E-state index contributed by atoms with van der Waals surface area (Å²) in [5.74, 6) is -1.21. The lowest BCUT2D eigenvalue weighted by Crippen LogP contribution is -2.61. The van der Waals surface area contributed by atoms with E-state index in [2.05, 4.69) is 86.8 Å². The summed E-state index contributed by atoms with van der Waals surface area (Å²) < 4.78 is 17.6. The van der Waals surface area contributed by atoms with Gasteiger partial charge in [-0.1, -0.05) is 254 Å². The first-order chi connectivity index (χ1) is 36.7. The fraction of sp³-hybridized carbons (Fsp3) is 0.781. The maximum atomic E-state index is 13.4. The summed E-state index contributed by atoms with van der Waals surface area (Å²) in [6.45, 7) is 5.66. The highest BCUT2D eigenvalue weighted by Crippen LogP contribution is 2.26. The van der Waals surface area contributed by atoms with Crippen molar-refractivity contribution in [2.24, 2.45) is 0 Å². The van der Waals surface area contributed by atoms with Crippen LogP contribution in [-0.2, 0) is 23.8 Å². The van der Waals surface area contributed by atoms with Crippen LogP contribution in [0.3, 0.4) is 0 Å². The van der Waals surface area contributed by atoms with Crippen LogP contribution in [0.1, 0.15) is 258 Å². The normalized spacial score (nSPS) is 19.7. The molecule has 8 unspecified atom stereocenters. The van der Waals surface area contributed by atoms with E-state index in [4.69, 9.17) is 14.2 Å². The molecular weight excluding hydrogens is 943 g/mol. The van der Waals surface area contributed by atoms with Crippen molar-refractivity contribution < 1.29 is 49.3 Å². The molecule has 0 aromatic rings. The highest BCUT2D eigenvalue weighted by Gasteiger charge is 2.47. The van der Waals surface area contributed by atoms with E-state index in [0.29, 0.717) is 12.8 Å². The highest BCUT2D eigenvalue weighted by atomic mass is 16.7. The number of carbonyl (C=O) groups is 2. The Morgan fingerprint density at radius 3 is 1.44 bits per heavy atom. The molecule has 434 valence electrons. The van der Waals surface area contributed by atoms with E-state index in [1.54, 1.807) is 6.08 Å². The third-order valence-electron chi connectivity index (χ3n) is 14.1. The van der Waals surface area contributed by atoms with E-state index in [0.717, 1.165) is 96.3 Å². The summed E-state index contributed by atoms with van der Waals surface area (Å²) in [4.78, 5) is 26.5. The SMILES string of the molecule is CC/C=C\C/C=C\C/C=C\C/C=C\C/C=C\CCCCCCC(O)C(=O)NC(COC1OC(CO)C(O)C(O)C1OC(=O)CCCCCCCCCCCCCCCC)C(O)/C=C/CCCCCCCCCCCC. The Morgan fingerprint density at radius 1 is 0.533 bits per heavy atom. The van der Waals surface area contributed by atoms with E-state index in [-0.39, 0.29) is 19.4 Å². The van der Waals surface area contributed by atoms with Crippen molar-refractivity contribution in [3.63, 3.8) is 0 Å². The zero-order valence-electron chi connectivity index (χ0n) is 47.9. The average Bonchev–Trinajstić information content (AvgIpc) is 3.41. The van der Waals surface area contributed by atoms with Crippen LogP contribution in [0.25, 0.3) is 0 Å². The van der Waals surface area contributed by atoms with Gasteiger partial charge in [-0.3, -0.25) is 9.59 Å². The van der Waals surface area contributed by atoms with E-state index < -0.39 is 67.4 Å². The van der Waals surface area contributed by atoms with Gasteiger partial charge in [0, 0.05) is 6.42 Å². The number of amides is 1. The van der Waals surface area contributed by atoms with Crippen molar-refractivity contribution >= 4 is 11.9 Å². The van der Waals surface area contributed by atoms with Gasteiger partial charge < -0.3 is 45.1 Å². The molecule has 0 saturated carbocycles. The maximum Gasteiger partial charge on any atom is 0.306 e. The van der Waals surface area contributed by atoms with E-state index >= 15 is 0 Å². The second-order valence-corrected chi connectivity index (χ2v) is 21.1. The summed E-state index contributed by atoms with van der Waals surface area (Å²) in [6.07, 6.45) is 55.1. The van der Waals surface area contributed by atoms with Gasteiger partial charge in [0.2, 0.25) is 5.91 Å². The molecule has 1 saturated heterocycles. The van der Waals surface area contributed by atoms with Gasteiger partial charge in [-0.15, -0.1) is 0 Å². The second-order valence-electron chi connectivity index (χ2n) is 21.1. The number of carbonyl (C=O) groups excluding carboxylic acids is 2. The minimum absolute atomic E-state index is 0.122. The fourth-order valence-electron chi connectivity index (χ4n) is 9.27. The molecule has 0 aromatic carbocycles. The third kappa shape index (κ3) is 40.0. The van der Waals surface area contributed by atoms with Crippen molar-refractivity contribution in [3.8, 4) is 0 Å². The van der Waals surface area contributed by atoms with Gasteiger partial charge >= 0.3 is 5.97 Å². The van der Waals surface area contributed by atoms with Crippen LogP contribution >= 0.6 is 0 Å². The maximum absolute atomic E-state index is 13.4. The Labute approximate surface area is 458 Å². The predicted molar refractivity (Wildman–Crippen MR) is 310 cm³/mol. The second kappa shape index (κ2) is 51.8. The van der Waals surface area contributed by atoms with Gasteiger partial charge in [0.05, 0.1) is 25.4 Å². The van der Waals surface area contributed by atoms with Crippen molar-refractivity contribution in [2.45, 2.75) is 307 Å². The number of aliphatic hydroxyl groups excluding tert-OH is 5. The molecule has 8 atom stereocenters. The van der Waals surface area contributed by atoms with Crippen molar-refractivity contribution in [1.82, 2.24) is 5.32 Å². The largest absolute Gasteiger partial charge is 0.454 e. The van der Waals surface area contributed by atoms with Gasteiger partial charge in [-0.05, 0) is 70.6 Å². The fourth-order valence-corrected chi connectivity index (χ4v) is 9.27. The first-order valence-corrected chi connectivity index (χ1v) is 30.7. The first kappa shape index (κ1) is 70.1. The minimum Gasteiger partial charge on any atom is -0.454 e. The van der Waals surface area contributed by atoms with Crippen molar-refractivity contribution in [1.29, 1.82) is 0 Å². The Bertz CT molecular complexity index is 1490. The molecule has 0 aromatic heterocycles. The number of nitrogens with one attached hydrogen (secondary N) is 1. The topological polar surface area (TPSA) is 175 Å². The lowest BCUT2D eigenvalue weighted by molar-refractivity contribution is -0.305. The quantitative estimate of drug-likeness (QED) is 0.0195. The molecule has 1 amide bonds. The highest BCUT2D eigenvalue weighted by molar-refractivity contribution is 5.80. The Morgan fingerprint density at radius 2 is 0.960 bits per heavy atom. The Kier molecular flexibility index (Phi) is 48.5. The molecule has 6 N–H and O–H groups in total. The molecule has 0 bridgehead atoms. The van der Waals surface area contributed by atoms with Crippen molar-refractivity contribution in [3.05, 3.63) is 72.9 Å². The zero-order chi connectivity index (χ0) is 54.7. The van der Waals surface area contributed by atoms with Crippen LogP contribution in [0, 0.1) is 0 Å². The predicted octanol–water partition coefficient (Wildman–Crippen LogP) is 14.4. The molecule has 75 heavy (non-hydrogen) atoms. The van der Waals surface area contributed by atoms with Crippen LogP contribution in [-0.4, -0.2) is 99.6 Å². The molecule has 11 heteroatoms. The molecule has 1 fully saturated rings. The third-order valence-corrected chi connectivity index (χ3v) is 14.1.